The van der Waals surface area contributed by atoms with Crippen LogP contribution in [0.25, 0.3) is 10.9 Å². The van der Waals surface area contributed by atoms with Gasteiger partial charge in [-0.05, 0) is 8.41 Å². The molecule has 0 aliphatic heterocycles. The molecule has 0 fully saturated rings. The van der Waals surface area contributed by atoms with Gasteiger partial charge in [-0.25, -0.2) is 12.2 Å². The third kappa shape index (κ3) is 6.38. The second kappa shape index (κ2) is 11.3. The molecule has 1 heterocycles. The van der Waals surface area contributed by atoms with Crippen molar-refractivity contribution in [2.45, 2.75) is 13.1 Å². The summed E-state index contributed by atoms with van der Waals surface area (Å²) in [5.74, 6) is 0. The second-order valence-corrected chi connectivity index (χ2v) is 6.62. The minimum Gasteiger partial charge on any atom is -1.00 e. The molecule has 20 heavy (non-hydrogen) atoms. The molecule has 1 nitrogen and oxygen atoms in total. The molecule has 0 bridgehead atoms. The van der Waals surface area contributed by atoms with Crippen LogP contribution in [0.1, 0.15) is 0 Å². The maximum Gasteiger partial charge on any atom is 4.00 e. The Bertz CT molecular complexity index is 554. The summed E-state index contributed by atoms with van der Waals surface area (Å²) in [7, 11) is -0.225. The molecule has 0 amide bonds. The van der Waals surface area contributed by atoms with E-state index in [2.05, 4.69) is 42.5 Å². The zero-order valence-electron chi connectivity index (χ0n) is 11.4. The number of benzene rings is 1. The predicted molar refractivity (Wildman–Crippen MR) is 76.6 cm³/mol. The van der Waals surface area contributed by atoms with Gasteiger partial charge in [-0.15, -0.1) is 23.8 Å². The first-order chi connectivity index (χ1) is 8.27. The number of halogens is 2. The molecule has 5 heteroatoms. The van der Waals surface area contributed by atoms with Crippen LogP contribution in [-0.2, 0) is 21.7 Å². The van der Waals surface area contributed by atoms with Crippen molar-refractivity contribution in [3.8, 4) is 0 Å². The SMILES string of the molecule is C[Si](C)=C1[C-]=CC=C1.[Cl-].[Cl-].[Ti+4].[c-]1cc2ccccc2[nH]1. The third-order valence-electron chi connectivity index (χ3n) is 2.53. The fourth-order valence-corrected chi connectivity index (χ4v) is 2.37. The van der Waals surface area contributed by atoms with E-state index in [1.165, 1.54) is 10.6 Å². The monoisotopic (exact) mass is 355 g/mol. The first-order valence-electron chi connectivity index (χ1n) is 5.65. The maximum absolute atomic E-state index is 3.18. The van der Waals surface area contributed by atoms with Gasteiger partial charge in [0.2, 0.25) is 0 Å². The van der Waals surface area contributed by atoms with E-state index in [0.29, 0.717) is 0 Å². The van der Waals surface area contributed by atoms with Gasteiger partial charge in [-0.2, -0.15) is 28.8 Å². The van der Waals surface area contributed by atoms with Gasteiger partial charge in [0, 0.05) is 0 Å². The molecular weight excluding hydrogens is 341 g/mol. The van der Waals surface area contributed by atoms with E-state index in [4.69, 9.17) is 0 Å². The molecule has 0 atom stereocenters. The molecule has 1 aliphatic rings. The van der Waals surface area contributed by atoms with Crippen LogP contribution in [0.15, 0.2) is 48.6 Å². The molecule has 1 aliphatic carbocycles. The largest absolute Gasteiger partial charge is 4.00 e. The molecule has 3 rings (SSSR count). The summed E-state index contributed by atoms with van der Waals surface area (Å²) in [5, 5.41) is 2.63. The van der Waals surface area contributed by atoms with Crippen molar-refractivity contribution in [3.63, 3.8) is 0 Å². The molecule has 2 aromatic rings. The van der Waals surface area contributed by atoms with Crippen LogP contribution in [0.2, 0.25) is 13.1 Å². The van der Waals surface area contributed by atoms with E-state index in [1.807, 2.05) is 36.4 Å². The summed E-state index contributed by atoms with van der Waals surface area (Å²) in [6.07, 6.45) is 12.3. The number of para-hydroxylation sites is 1. The number of hydrogen-bond donors (Lipinski definition) is 1. The van der Waals surface area contributed by atoms with Crippen LogP contribution in [0.5, 0.6) is 0 Å². The quantitative estimate of drug-likeness (QED) is 0.394. The van der Waals surface area contributed by atoms with Gasteiger partial charge in [0.05, 0.1) is 0 Å². The van der Waals surface area contributed by atoms with Crippen molar-refractivity contribution < 1.29 is 46.5 Å². The van der Waals surface area contributed by atoms with E-state index in [9.17, 15) is 0 Å². The van der Waals surface area contributed by atoms with Gasteiger partial charge in [0.1, 0.15) is 0 Å². The Hall–Kier alpha value is -0.379. The van der Waals surface area contributed by atoms with Gasteiger partial charge in [0.25, 0.3) is 0 Å². The molecule has 0 saturated heterocycles. The molecule has 1 N–H and O–H groups in total. The standard InChI is InChI=1S/C8H6N.C7H9Si.2ClH.Ti/c1-2-4-8-7(3-1)5-6-9-8;1-8(2)7-5-3-4-6-7;;;/h1-5,9H;3-5H,1-2H3;2*1H;/q2*-1;;;+4/p-2. The van der Waals surface area contributed by atoms with Crippen molar-refractivity contribution in [2.24, 2.45) is 0 Å². The summed E-state index contributed by atoms with van der Waals surface area (Å²) in [6.45, 7) is 4.55. The van der Waals surface area contributed by atoms with Crippen molar-refractivity contribution in [3.05, 3.63) is 60.8 Å². The van der Waals surface area contributed by atoms with Gasteiger partial charge in [-0.1, -0.05) is 25.2 Å². The van der Waals surface area contributed by atoms with E-state index < -0.39 is 0 Å². The van der Waals surface area contributed by atoms with Gasteiger partial charge < -0.3 is 29.8 Å². The van der Waals surface area contributed by atoms with Crippen molar-refractivity contribution in [2.75, 3.05) is 0 Å². The first-order valence-corrected chi connectivity index (χ1v) is 8.15. The topological polar surface area (TPSA) is 15.8 Å². The number of fused-ring (bicyclic) bond motifs is 1. The summed E-state index contributed by atoms with van der Waals surface area (Å²) in [4.78, 5) is 2.99. The Labute approximate surface area is 149 Å². The normalized spacial score (nSPS) is 10.8. The summed E-state index contributed by atoms with van der Waals surface area (Å²) >= 11 is 0. The van der Waals surface area contributed by atoms with Crippen LogP contribution in [0.4, 0.5) is 0 Å². The minimum atomic E-state index is -0.225. The minimum absolute atomic E-state index is 0. The fraction of sp³-hybridized carbons (Fsp3) is 0.133. The van der Waals surface area contributed by atoms with Crippen LogP contribution in [0, 0.1) is 12.3 Å². The Morgan fingerprint density at radius 2 is 1.80 bits per heavy atom. The van der Waals surface area contributed by atoms with Crippen LogP contribution >= 0.6 is 0 Å². The molecular formula is C15H15Cl2NSiTi. The van der Waals surface area contributed by atoms with Gasteiger partial charge in [0.15, 0.2) is 0 Å². The van der Waals surface area contributed by atoms with E-state index in [1.54, 1.807) is 0 Å². The fourth-order valence-electron chi connectivity index (χ4n) is 1.57. The molecule has 0 radical (unpaired) electrons. The molecule has 0 unspecified atom stereocenters. The Morgan fingerprint density at radius 3 is 2.30 bits per heavy atom. The average Bonchev–Trinajstić information content (AvgIpc) is 3.01. The Morgan fingerprint density at radius 1 is 1.10 bits per heavy atom. The van der Waals surface area contributed by atoms with Crippen molar-refractivity contribution >= 4 is 24.5 Å². The van der Waals surface area contributed by atoms with Crippen LogP contribution in [-0.4, -0.2) is 18.6 Å². The number of H-pyrrole nitrogens is 1. The summed E-state index contributed by atoms with van der Waals surface area (Å²) < 4.78 is 0. The van der Waals surface area contributed by atoms with Crippen molar-refractivity contribution in [1.29, 1.82) is 0 Å². The Kier molecular flexibility index (Phi) is 12.4. The zero-order valence-corrected chi connectivity index (χ0v) is 15.4. The van der Waals surface area contributed by atoms with Crippen LogP contribution in [0.3, 0.4) is 0 Å². The van der Waals surface area contributed by atoms with Gasteiger partial charge >= 0.3 is 21.7 Å². The summed E-state index contributed by atoms with van der Waals surface area (Å²) in [6, 6.07) is 10.1. The third-order valence-corrected chi connectivity index (χ3v) is 3.92. The smallest absolute Gasteiger partial charge is 1.00 e. The second-order valence-electron chi connectivity index (χ2n) is 4.08. The number of aromatic amines is 1. The average molecular weight is 356 g/mol. The number of nitrogens with one attached hydrogen (secondary N) is 1. The summed E-state index contributed by atoms with van der Waals surface area (Å²) in [5.41, 5.74) is 1.15. The van der Waals surface area contributed by atoms with Gasteiger partial charge in [-0.3, -0.25) is 0 Å². The number of allylic oxidation sites excluding steroid dienone is 4. The number of aromatic nitrogens is 1. The number of hydrogen-bond acceptors (Lipinski definition) is 0. The molecule has 102 valence electrons. The van der Waals surface area contributed by atoms with E-state index >= 15 is 0 Å². The first kappa shape index (κ1) is 21.9. The van der Waals surface area contributed by atoms with E-state index in [0.717, 1.165) is 5.52 Å². The van der Waals surface area contributed by atoms with Crippen LogP contribution < -0.4 is 24.8 Å². The zero-order chi connectivity index (χ0) is 12.1. The van der Waals surface area contributed by atoms with Crippen molar-refractivity contribution in [1.82, 2.24) is 4.98 Å². The predicted octanol–water partition coefficient (Wildman–Crippen LogP) is -2.60. The molecule has 1 aromatic carbocycles. The molecule has 1 aromatic heterocycles. The number of rotatable bonds is 0. The maximum atomic E-state index is 3.18. The molecule has 0 saturated carbocycles. The molecule has 0 spiro atoms. The van der Waals surface area contributed by atoms with E-state index in [-0.39, 0.29) is 54.9 Å². The Balaban J connectivity index is 0.